The number of rotatable bonds is 4. The number of aliphatic imine (C=N–C) groups is 1. The molecule has 0 radical (unpaired) electrons. The van der Waals surface area contributed by atoms with E-state index in [4.69, 9.17) is 4.98 Å². The average molecular weight is 303 g/mol. The molecule has 0 atom stereocenters. The van der Waals surface area contributed by atoms with Crippen molar-refractivity contribution in [2.75, 3.05) is 7.05 Å². The molecule has 1 heterocycles. The third kappa shape index (κ3) is 4.10. The Morgan fingerprint density at radius 2 is 1.87 bits per heavy atom. The van der Waals surface area contributed by atoms with Crippen LogP contribution in [0.15, 0.2) is 54.2 Å². The maximum atomic E-state index is 4.71. The van der Waals surface area contributed by atoms with Gasteiger partial charge in [-0.2, -0.15) is 0 Å². The molecule has 0 aliphatic carbocycles. The van der Waals surface area contributed by atoms with Crippen LogP contribution in [0.5, 0.6) is 0 Å². The van der Waals surface area contributed by atoms with E-state index in [-0.39, 0.29) is 0 Å². The lowest BCUT2D eigenvalue weighted by molar-refractivity contribution is 1.10. The van der Waals surface area contributed by atoms with Gasteiger partial charge in [0.15, 0.2) is 0 Å². The van der Waals surface area contributed by atoms with Gasteiger partial charge in [-0.15, -0.1) is 0 Å². The van der Waals surface area contributed by atoms with Gasteiger partial charge in [0.1, 0.15) is 0 Å². The fraction of sp³-hybridized carbons (Fsp3) is 0.150. The summed E-state index contributed by atoms with van der Waals surface area (Å²) in [7, 11) is 1.74. The number of hydrogen-bond acceptors (Lipinski definition) is 3. The summed E-state index contributed by atoms with van der Waals surface area (Å²) in [5, 5.41) is 1.76. The largest absolute Gasteiger partial charge is 0.296 e. The summed E-state index contributed by atoms with van der Waals surface area (Å²) >= 11 is 0. The topological polar surface area (TPSA) is 38.1 Å². The number of hydrogen-bond donors (Lipinski definition) is 0. The molecule has 0 N–H and O–H groups in total. The maximum absolute atomic E-state index is 4.71. The molecule has 0 saturated carbocycles. The molecular weight excluding hydrogens is 282 g/mol. The van der Waals surface area contributed by atoms with Crippen LogP contribution in [0.2, 0.25) is 0 Å². The van der Waals surface area contributed by atoms with Gasteiger partial charge in [0, 0.05) is 18.8 Å². The van der Waals surface area contributed by atoms with Crippen molar-refractivity contribution >= 4 is 23.9 Å². The van der Waals surface area contributed by atoms with Crippen LogP contribution < -0.4 is 10.7 Å². The number of nitrogens with zero attached hydrogens (tertiary/aromatic N) is 3. The smallest absolute Gasteiger partial charge is 0.0893 e. The molecule has 2 rings (SSSR count). The maximum Gasteiger partial charge on any atom is 0.0893 e. The Kier molecular flexibility index (Phi) is 5.75. The van der Waals surface area contributed by atoms with Crippen LogP contribution in [0.3, 0.4) is 0 Å². The van der Waals surface area contributed by atoms with Gasteiger partial charge in [-0.05, 0) is 31.1 Å². The minimum atomic E-state index is 0.854. The van der Waals surface area contributed by atoms with Crippen molar-refractivity contribution in [2.45, 2.75) is 13.8 Å². The van der Waals surface area contributed by atoms with Crippen LogP contribution in [-0.2, 0) is 0 Å². The molecule has 3 nitrogen and oxygen atoms in total. The zero-order chi connectivity index (χ0) is 16.7. The quantitative estimate of drug-likeness (QED) is 0.814. The SMILES string of the molecule is C=C(/C=N\C)c1ccc(-c2cnc(=C/C)/c(=C\C=C/C)n2)cc1. The molecule has 0 aliphatic heterocycles. The van der Waals surface area contributed by atoms with E-state index in [1.54, 1.807) is 19.5 Å². The highest BCUT2D eigenvalue weighted by atomic mass is 14.8. The molecule has 1 aromatic heterocycles. The summed E-state index contributed by atoms with van der Waals surface area (Å²) in [6.07, 6.45) is 11.4. The number of aromatic nitrogens is 2. The third-order valence-corrected chi connectivity index (χ3v) is 3.39. The predicted molar refractivity (Wildman–Crippen MR) is 99.6 cm³/mol. The summed E-state index contributed by atoms with van der Waals surface area (Å²) in [5.41, 5.74) is 3.82. The van der Waals surface area contributed by atoms with Gasteiger partial charge in [-0.25, -0.2) is 4.98 Å². The first-order valence-electron chi connectivity index (χ1n) is 7.54. The highest BCUT2D eigenvalue weighted by Crippen LogP contribution is 2.18. The van der Waals surface area contributed by atoms with Crippen LogP contribution in [0.4, 0.5) is 0 Å². The van der Waals surface area contributed by atoms with Crippen molar-refractivity contribution in [3.63, 3.8) is 0 Å². The molecule has 0 unspecified atom stereocenters. The summed E-state index contributed by atoms with van der Waals surface area (Å²) in [4.78, 5) is 13.2. The molecule has 0 aliphatic rings. The zero-order valence-corrected chi connectivity index (χ0v) is 13.8. The van der Waals surface area contributed by atoms with Crippen molar-refractivity contribution in [2.24, 2.45) is 4.99 Å². The standard InChI is InChI=1S/C20H21N3/c1-5-7-8-19-18(6-2)22-14-20(23-19)17-11-9-16(10-12-17)15(3)13-21-4/h5-14H,3H2,1-2,4H3/b7-5-,18-6+,19-8+,21-13-. The van der Waals surface area contributed by atoms with Gasteiger partial charge < -0.3 is 0 Å². The van der Waals surface area contributed by atoms with Crippen LogP contribution in [0, 0.1) is 0 Å². The van der Waals surface area contributed by atoms with Gasteiger partial charge in [0.2, 0.25) is 0 Å². The second kappa shape index (κ2) is 7.99. The van der Waals surface area contributed by atoms with E-state index in [0.717, 1.165) is 33.1 Å². The monoisotopic (exact) mass is 303 g/mol. The van der Waals surface area contributed by atoms with Crippen LogP contribution in [0.25, 0.3) is 29.0 Å². The molecule has 0 spiro atoms. The minimum Gasteiger partial charge on any atom is -0.296 e. The van der Waals surface area contributed by atoms with E-state index in [0.29, 0.717) is 0 Å². The van der Waals surface area contributed by atoms with Gasteiger partial charge in [-0.3, -0.25) is 9.98 Å². The summed E-state index contributed by atoms with van der Waals surface area (Å²) in [5.74, 6) is 0. The molecular formula is C20H21N3. The Morgan fingerprint density at radius 3 is 2.48 bits per heavy atom. The number of allylic oxidation sites excluding steroid dienone is 3. The van der Waals surface area contributed by atoms with Gasteiger partial charge in [0.05, 0.1) is 22.6 Å². The minimum absolute atomic E-state index is 0.854. The lowest BCUT2D eigenvalue weighted by Gasteiger charge is -2.04. The summed E-state index contributed by atoms with van der Waals surface area (Å²) in [6.45, 7) is 7.94. The lowest BCUT2D eigenvalue weighted by Crippen LogP contribution is -2.31. The van der Waals surface area contributed by atoms with E-state index in [9.17, 15) is 0 Å². The first-order valence-corrected chi connectivity index (χ1v) is 7.54. The van der Waals surface area contributed by atoms with E-state index in [2.05, 4.69) is 16.6 Å². The van der Waals surface area contributed by atoms with Crippen molar-refractivity contribution < 1.29 is 0 Å². The normalized spacial score (nSPS) is 13.3. The highest BCUT2D eigenvalue weighted by molar-refractivity contribution is 6.08. The predicted octanol–water partition coefficient (Wildman–Crippen LogP) is 3.01. The van der Waals surface area contributed by atoms with E-state index < -0.39 is 0 Å². The molecule has 2 aromatic rings. The van der Waals surface area contributed by atoms with Crippen molar-refractivity contribution in [3.05, 3.63) is 65.5 Å². The molecule has 0 bridgehead atoms. The third-order valence-electron chi connectivity index (χ3n) is 3.39. The molecule has 1 aromatic carbocycles. The lowest BCUT2D eigenvalue weighted by atomic mass is 10.0. The first kappa shape index (κ1) is 16.6. The average Bonchev–Trinajstić information content (AvgIpc) is 2.60. The summed E-state index contributed by atoms with van der Waals surface area (Å²) < 4.78 is 0. The second-order valence-corrected chi connectivity index (χ2v) is 5.00. The van der Waals surface area contributed by atoms with Crippen LogP contribution in [-0.4, -0.2) is 23.2 Å². The summed E-state index contributed by atoms with van der Waals surface area (Å²) in [6, 6.07) is 8.11. The Labute approximate surface area is 137 Å². The molecule has 3 heteroatoms. The molecule has 0 fully saturated rings. The van der Waals surface area contributed by atoms with Gasteiger partial charge in [0.25, 0.3) is 0 Å². The zero-order valence-electron chi connectivity index (χ0n) is 13.8. The van der Waals surface area contributed by atoms with Gasteiger partial charge in [-0.1, -0.05) is 49.1 Å². The Bertz CT molecular complexity index is 857. The van der Waals surface area contributed by atoms with E-state index >= 15 is 0 Å². The van der Waals surface area contributed by atoms with E-state index in [1.165, 1.54) is 0 Å². The molecule has 0 saturated heterocycles. The van der Waals surface area contributed by atoms with Crippen molar-refractivity contribution in [3.8, 4) is 11.3 Å². The molecule has 0 amide bonds. The Hall–Kier alpha value is -2.81. The fourth-order valence-corrected chi connectivity index (χ4v) is 2.17. The highest BCUT2D eigenvalue weighted by Gasteiger charge is 2.02. The van der Waals surface area contributed by atoms with E-state index in [1.807, 2.05) is 62.4 Å². The van der Waals surface area contributed by atoms with Crippen LogP contribution >= 0.6 is 0 Å². The van der Waals surface area contributed by atoms with Crippen LogP contribution in [0.1, 0.15) is 19.4 Å². The van der Waals surface area contributed by atoms with Crippen molar-refractivity contribution in [1.82, 2.24) is 9.97 Å². The van der Waals surface area contributed by atoms with Gasteiger partial charge >= 0.3 is 0 Å². The Balaban J connectivity index is 2.45. The first-order chi connectivity index (χ1) is 11.2. The Morgan fingerprint density at radius 1 is 1.13 bits per heavy atom. The van der Waals surface area contributed by atoms with Crippen molar-refractivity contribution in [1.29, 1.82) is 0 Å². The molecule has 23 heavy (non-hydrogen) atoms. The molecule has 116 valence electrons. The second-order valence-electron chi connectivity index (χ2n) is 5.00. The fourth-order valence-electron chi connectivity index (χ4n) is 2.17. The number of benzene rings is 1.